The molecule has 2 aromatic rings. The lowest BCUT2D eigenvalue weighted by atomic mass is 10.3. The molecule has 0 aromatic carbocycles. The minimum absolute atomic E-state index is 0.608. The van der Waals surface area contributed by atoms with Crippen molar-refractivity contribution in [3.8, 4) is 5.82 Å². The van der Waals surface area contributed by atoms with E-state index in [1.165, 1.54) is 0 Å². The lowest BCUT2D eigenvalue weighted by Crippen LogP contribution is -1.99. The minimum Gasteiger partial charge on any atom is -0.237 e. The molecule has 78 valence electrons. The first-order valence-electron chi connectivity index (χ1n) is 4.97. The second-order valence-electron chi connectivity index (χ2n) is 3.31. The van der Waals surface area contributed by atoms with E-state index in [0.717, 1.165) is 24.4 Å². The van der Waals surface area contributed by atoms with Crippen LogP contribution in [-0.2, 0) is 6.42 Å². The fraction of sp³-hybridized carbons (Fsp3) is 0.273. The fourth-order valence-electron chi connectivity index (χ4n) is 1.42. The van der Waals surface area contributed by atoms with E-state index in [0.29, 0.717) is 5.15 Å². The smallest absolute Gasteiger partial charge is 0.155 e. The topological polar surface area (TPSA) is 30.7 Å². The Kier molecular flexibility index (Phi) is 3.02. The highest BCUT2D eigenvalue weighted by atomic mass is 35.5. The molecule has 0 radical (unpaired) electrons. The van der Waals surface area contributed by atoms with Crippen LogP contribution in [-0.4, -0.2) is 14.8 Å². The van der Waals surface area contributed by atoms with E-state index in [1.807, 2.05) is 24.3 Å². The predicted molar refractivity (Wildman–Crippen MR) is 60.4 cm³/mol. The maximum absolute atomic E-state index is 6.08. The summed E-state index contributed by atoms with van der Waals surface area (Å²) in [5, 5.41) is 5.00. The molecule has 4 heteroatoms. The van der Waals surface area contributed by atoms with Gasteiger partial charge in [-0.25, -0.2) is 9.67 Å². The molecule has 2 rings (SSSR count). The first-order valence-corrected chi connectivity index (χ1v) is 5.35. The summed E-state index contributed by atoms with van der Waals surface area (Å²) in [6.45, 7) is 2.12. The minimum atomic E-state index is 0.608. The van der Waals surface area contributed by atoms with Crippen molar-refractivity contribution < 1.29 is 0 Å². The zero-order chi connectivity index (χ0) is 10.7. The molecule has 3 nitrogen and oxygen atoms in total. The highest BCUT2D eigenvalue weighted by Gasteiger charge is 2.07. The van der Waals surface area contributed by atoms with Crippen molar-refractivity contribution in [3.63, 3.8) is 0 Å². The summed E-state index contributed by atoms with van der Waals surface area (Å²) in [4.78, 5) is 4.20. The van der Waals surface area contributed by atoms with Gasteiger partial charge in [-0.3, -0.25) is 0 Å². The molecule has 0 unspecified atom stereocenters. The molecule has 0 saturated heterocycles. The van der Waals surface area contributed by atoms with Crippen LogP contribution in [0.25, 0.3) is 5.82 Å². The Labute approximate surface area is 93.7 Å². The number of aryl methyl sites for hydroxylation is 1. The number of hydrogen-bond donors (Lipinski definition) is 0. The fourth-order valence-corrected chi connectivity index (χ4v) is 1.67. The van der Waals surface area contributed by atoms with Crippen LogP contribution in [0, 0.1) is 0 Å². The van der Waals surface area contributed by atoms with Gasteiger partial charge in [0, 0.05) is 6.20 Å². The summed E-state index contributed by atoms with van der Waals surface area (Å²) in [7, 11) is 0. The second kappa shape index (κ2) is 4.45. The third-order valence-electron chi connectivity index (χ3n) is 2.09. The van der Waals surface area contributed by atoms with Gasteiger partial charge in [0.25, 0.3) is 0 Å². The average Bonchev–Trinajstić information content (AvgIpc) is 2.61. The van der Waals surface area contributed by atoms with Crippen molar-refractivity contribution in [3.05, 3.63) is 41.3 Å². The van der Waals surface area contributed by atoms with E-state index in [-0.39, 0.29) is 0 Å². The van der Waals surface area contributed by atoms with Gasteiger partial charge < -0.3 is 0 Å². The van der Waals surface area contributed by atoms with Crippen LogP contribution in [0.4, 0.5) is 0 Å². The van der Waals surface area contributed by atoms with Crippen LogP contribution in [0.2, 0.25) is 5.15 Å². The summed E-state index contributed by atoms with van der Waals surface area (Å²) in [6.07, 6.45) is 3.74. The summed E-state index contributed by atoms with van der Waals surface area (Å²) in [5.74, 6) is 0.754. The molecule has 15 heavy (non-hydrogen) atoms. The van der Waals surface area contributed by atoms with Gasteiger partial charge in [0.05, 0.1) is 5.69 Å². The number of aromatic nitrogens is 3. The van der Waals surface area contributed by atoms with Gasteiger partial charge in [0.2, 0.25) is 0 Å². The normalized spacial score (nSPS) is 10.5. The monoisotopic (exact) mass is 221 g/mol. The van der Waals surface area contributed by atoms with E-state index in [2.05, 4.69) is 17.0 Å². The molecule has 2 heterocycles. The van der Waals surface area contributed by atoms with Gasteiger partial charge in [0.1, 0.15) is 5.15 Å². The van der Waals surface area contributed by atoms with Crippen LogP contribution in [0.1, 0.15) is 19.0 Å². The molecule has 0 N–H and O–H groups in total. The molecule has 0 aliphatic carbocycles. The Morgan fingerprint density at radius 2 is 2.27 bits per heavy atom. The first kappa shape index (κ1) is 10.2. The van der Waals surface area contributed by atoms with Gasteiger partial charge in [-0.15, -0.1) is 0 Å². The molecule has 0 aliphatic rings. The number of pyridine rings is 1. The Bertz CT molecular complexity index is 436. The molecular weight excluding hydrogens is 210 g/mol. The number of hydrogen-bond acceptors (Lipinski definition) is 2. The first-order chi connectivity index (χ1) is 7.31. The second-order valence-corrected chi connectivity index (χ2v) is 3.70. The highest BCUT2D eigenvalue weighted by molar-refractivity contribution is 6.29. The summed E-state index contributed by atoms with van der Waals surface area (Å²) in [6, 6.07) is 7.56. The van der Waals surface area contributed by atoms with Gasteiger partial charge >= 0.3 is 0 Å². The molecule has 0 amide bonds. The van der Waals surface area contributed by atoms with Crippen LogP contribution in [0.5, 0.6) is 0 Å². The number of halogens is 1. The number of nitrogens with zero attached hydrogens (tertiary/aromatic N) is 3. The molecule has 0 atom stereocenters. The summed E-state index contributed by atoms with van der Waals surface area (Å²) >= 11 is 6.08. The van der Waals surface area contributed by atoms with Crippen LogP contribution >= 0.6 is 11.6 Å². The Morgan fingerprint density at radius 1 is 1.40 bits per heavy atom. The van der Waals surface area contributed by atoms with E-state index >= 15 is 0 Å². The Morgan fingerprint density at radius 3 is 2.93 bits per heavy atom. The Balaban J connectivity index is 2.36. The lowest BCUT2D eigenvalue weighted by molar-refractivity contribution is 0.791. The van der Waals surface area contributed by atoms with Gasteiger partial charge in [0.15, 0.2) is 5.82 Å². The van der Waals surface area contributed by atoms with E-state index in [9.17, 15) is 0 Å². The molecular formula is C11H12ClN3. The van der Waals surface area contributed by atoms with Crippen molar-refractivity contribution in [2.75, 3.05) is 0 Å². The summed E-state index contributed by atoms with van der Waals surface area (Å²) < 4.78 is 1.66. The third-order valence-corrected chi connectivity index (χ3v) is 2.36. The zero-order valence-corrected chi connectivity index (χ0v) is 9.28. The van der Waals surface area contributed by atoms with Crippen LogP contribution < -0.4 is 0 Å². The lowest BCUT2D eigenvalue weighted by Gasteiger charge is -2.00. The summed E-state index contributed by atoms with van der Waals surface area (Å²) in [5.41, 5.74) is 1.01. The maximum Gasteiger partial charge on any atom is 0.155 e. The van der Waals surface area contributed by atoms with Crippen molar-refractivity contribution in [1.82, 2.24) is 14.8 Å². The molecule has 0 saturated carbocycles. The van der Waals surface area contributed by atoms with Crippen molar-refractivity contribution in [1.29, 1.82) is 0 Å². The van der Waals surface area contributed by atoms with E-state index < -0.39 is 0 Å². The molecule has 0 spiro atoms. The average molecular weight is 222 g/mol. The maximum atomic E-state index is 6.08. The SMILES string of the molecule is CCCc1cc(Cl)n(-c2ccccn2)n1. The molecule has 0 bridgehead atoms. The number of rotatable bonds is 3. The molecule has 2 aromatic heterocycles. The molecule has 0 fully saturated rings. The van der Waals surface area contributed by atoms with Crippen LogP contribution in [0.15, 0.2) is 30.5 Å². The van der Waals surface area contributed by atoms with E-state index in [1.54, 1.807) is 10.9 Å². The Hall–Kier alpha value is -1.35. The van der Waals surface area contributed by atoms with Crippen LogP contribution in [0.3, 0.4) is 0 Å². The zero-order valence-electron chi connectivity index (χ0n) is 8.52. The van der Waals surface area contributed by atoms with Crippen molar-refractivity contribution in [2.45, 2.75) is 19.8 Å². The van der Waals surface area contributed by atoms with Crippen molar-refractivity contribution >= 4 is 11.6 Å². The van der Waals surface area contributed by atoms with Gasteiger partial charge in [-0.1, -0.05) is 31.0 Å². The van der Waals surface area contributed by atoms with Crippen molar-refractivity contribution in [2.24, 2.45) is 0 Å². The molecule has 0 aliphatic heterocycles. The largest absolute Gasteiger partial charge is 0.237 e. The van der Waals surface area contributed by atoms with Gasteiger partial charge in [-0.05, 0) is 24.6 Å². The third kappa shape index (κ3) is 2.18. The quantitative estimate of drug-likeness (QED) is 0.798. The highest BCUT2D eigenvalue weighted by Crippen LogP contribution is 2.16. The standard InChI is InChI=1S/C11H12ClN3/c1-2-5-9-8-10(12)15(14-9)11-6-3-4-7-13-11/h3-4,6-8H,2,5H2,1H3. The van der Waals surface area contributed by atoms with E-state index in [4.69, 9.17) is 11.6 Å². The van der Waals surface area contributed by atoms with Gasteiger partial charge in [-0.2, -0.15) is 5.10 Å². The predicted octanol–water partition coefficient (Wildman–Crippen LogP) is 2.87.